The van der Waals surface area contributed by atoms with Crippen LogP contribution in [-0.2, 0) is 6.42 Å². The van der Waals surface area contributed by atoms with Gasteiger partial charge in [0.2, 0.25) is 0 Å². The van der Waals surface area contributed by atoms with Crippen LogP contribution in [0, 0.1) is 0 Å². The van der Waals surface area contributed by atoms with Gasteiger partial charge in [0.15, 0.2) is 0 Å². The second kappa shape index (κ2) is 6.01. The van der Waals surface area contributed by atoms with E-state index in [-0.39, 0.29) is 0 Å². The molecule has 0 atom stereocenters. The Morgan fingerprint density at radius 2 is 1.95 bits per heavy atom. The summed E-state index contributed by atoms with van der Waals surface area (Å²) in [6.45, 7) is 0.859. The number of aromatic nitrogens is 2. The first-order valence-corrected chi connectivity index (χ1v) is 7.30. The lowest BCUT2D eigenvalue weighted by Crippen LogP contribution is -2.06. The lowest BCUT2D eigenvalue weighted by atomic mass is 10.1. The van der Waals surface area contributed by atoms with Gasteiger partial charge in [-0.25, -0.2) is 0 Å². The predicted molar refractivity (Wildman–Crippen MR) is 85.9 cm³/mol. The van der Waals surface area contributed by atoms with Gasteiger partial charge in [0.25, 0.3) is 0 Å². The van der Waals surface area contributed by atoms with E-state index in [0.29, 0.717) is 0 Å². The normalized spacial score (nSPS) is 10.7. The number of fused-ring (bicyclic) bond motifs is 1. The van der Waals surface area contributed by atoms with E-state index in [1.54, 1.807) is 12.4 Å². The Kier molecular flexibility index (Phi) is 3.92. The van der Waals surface area contributed by atoms with Crippen molar-refractivity contribution in [1.29, 1.82) is 0 Å². The molecule has 0 saturated carbocycles. The Balaban J connectivity index is 1.73. The average Bonchev–Trinajstić information content (AvgIpc) is 2.49. The summed E-state index contributed by atoms with van der Waals surface area (Å²) in [4.78, 5) is 8.53. The lowest BCUT2D eigenvalue weighted by molar-refractivity contribution is 1.02. The number of anilines is 1. The topological polar surface area (TPSA) is 37.8 Å². The Morgan fingerprint density at radius 1 is 1.05 bits per heavy atom. The highest BCUT2D eigenvalue weighted by Crippen LogP contribution is 2.20. The van der Waals surface area contributed by atoms with Crippen molar-refractivity contribution in [2.75, 3.05) is 11.9 Å². The third kappa shape index (κ3) is 2.80. The monoisotopic (exact) mass is 327 g/mol. The van der Waals surface area contributed by atoms with E-state index in [0.717, 1.165) is 28.6 Å². The summed E-state index contributed by atoms with van der Waals surface area (Å²) in [5.74, 6) is 0. The van der Waals surface area contributed by atoms with Gasteiger partial charge < -0.3 is 5.32 Å². The quantitative estimate of drug-likeness (QED) is 0.785. The molecular weight excluding hydrogens is 314 g/mol. The lowest BCUT2D eigenvalue weighted by Gasteiger charge is -2.09. The molecule has 2 aromatic heterocycles. The molecule has 20 heavy (non-hydrogen) atoms. The third-order valence-electron chi connectivity index (χ3n) is 3.20. The van der Waals surface area contributed by atoms with Gasteiger partial charge >= 0.3 is 0 Å². The molecule has 1 N–H and O–H groups in total. The molecule has 3 rings (SSSR count). The standard InChI is InChI=1S/C16H14BrN3/c17-14-11-18-9-7-15(14)19-10-6-13-4-1-3-12-5-2-8-20-16(12)13/h1-5,7-9,11H,6,10H2,(H,18,19). The van der Waals surface area contributed by atoms with Gasteiger partial charge in [-0.05, 0) is 40.0 Å². The maximum absolute atomic E-state index is 4.48. The molecule has 0 aliphatic carbocycles. The van der Waals surface area contributed by atoms with Crippen LogP contribution in [0.1, 0.15) is 5.56 Å². The SMILES string of the molecule is Brc1cnccc1NCCc1cccc2cccnc12. The number of hydrogen-bond donors (Lipinski definition) is 1. The first-order valence-electron chi connectivity index (χ1n) is 6.50. The number of nitrogens with zero attached hydrogens (tertiary/aromatic N) is 2. The van der Waals surface area contributed by atoms with Crippen LogP contribution in [0.5, 0.6) is 0 Å². The molecule has 3 aromatic rings. The van der Waals surface area contributed by atoms with E-state index < -0.39 is 0 Å². The Hall–Kier alpha value is -1.94. The first-order chi connectivity index (χ1) is 9.84. The van der Waals surface area contributed by atoms with Gasteiger partial charge in [-0.15, -0.1) is 0 Å². The van der Waals surface area contributed by atoms with Gasteiger partial charge in [0.05, 0.1) is 15.7 Å². The van der Waals surface area contributed by atoms with Crippen molar-refractivity contribution in [2.24, 2.45) is 0 Å². The Bertz CT molecular complexity index is 722. The van der Waals surface area contributed by atoms with Crippen LogP contribution < -0.4 is 5.32 Å². The number of nitrogens with one attached hydrogen (secondary N) is 1. The minimum atomic E-state index is 0.859. The molecule has 0 bridgehead atoms. The van der Waals surface area contributed by atoms with E-state index in [9.17, 15) is 0 Å². The van der Waals surface area contributed by atoms with E-state index >= 15 is 0 Å². The van der Waals surface area contributed by atoms with Crippen molar-refractivity contribution in [3.8, 4) is 0 Å². The fourth-order valence-corrected chi connectivity index (χ4v) is 2.61. The zero-order valence-electron chi connectivity index (χ0n) is 10.9. The summed E-state index contributed by atoms with van der Waals surface area (Å²) in [6, 6.07) is 12.3. The average molecular weight is 328 g/mol. The minimum Gasteiger partial charge on any atom is -0.384 e. The molecule has 0 radical (unpaired) electrons. The minimum absolute atomic E-state index is 0.859. The molecule has 100 valence electrons. The Morgan fingerprint density at radius 3 is 2.85 bits per heavy atom. The molecule has 0 spiro atoms. The van der Waals surface area contributed by atoms with Gasteiger partial charge in [-0.3, -0.25) is 9.97 Å². The van der Waals surface area contributed by atoms with Crippen molar-refractivity contribution in [3.05, 3.63) is 65.0 Å². The smallest absolute Gasteiger partial charge is 0.0734 e. The maximum atomic E-state index is 4.48. The molecule has 0 saturated heterocycles. The molecule has 2 heterocycles. The number of hydrogen-bond acceptors (Lipinski definition) is 3. The Labute approximate surface area is 126 Å². The molecular formula is C16H14BrN3. The number of pyridine rings is 2. The van der Waals surface area contributed by atoms with Crippen molar-refractivity contribution >= 4 is 32.5 Å². The van der Waals surface area contributed by atoms with E-state index in [1.807, 2.05) is 18.3 Å². The fourth-order valence-electron chi connectivity index (χ4n) is 2.22. The van der Waals surface area contributed by atoms with Crippen molar-refractivity contribution < 1.29 is 0 Å². The van der Waals surface area contributed by atoms with Crippen LogP contribution in [-0.4, -0.2) is 16.5 Å². The summed E-state index contributed by atoms with van der Waals surface area (Å²) < 4.78 is 0.982. The second-order valence-corrected chi connectivity index (χ2v) is 5.38. The highest BCUT2D eigenvalue weighted by Gasteiger charge is 2.02. The van der Waals surface area contributed by atoms with Crippen molar-refractivity contribution in [1.82, 2.24) is 9.97 Å². The van der Waals surface area contributed by atoms with Gasteiger partial charge in [0.1, 0.15) is 0 Å². The molecule has 1 aromatic carbocycles. The van der Waals surface area contributed by atoms with E-state index in [1.165, 1.54) is 10.9 Å². The third-order valence-corrected chi connectivity index (χ3v) is 3.83. The van der Waals surface area contributed by atoms with E-state index in [4.69, 9.17) is 0 Å². The maximum Gasteiger partial charge on any atom is 0.0734 e. The summed E-state index contributed by atoms with van der Waals surface area (Å²) >= 11 is 3.49. The summed E-state index contributed by atoms with van der Waals surface area (Å²) in [5.41, 5.74) is 3.42. The molecule has 4 heteroatoms. The summed E-state index contributed by atoms with van der Waals surface area (Å²) in [5, 5.41) is 4.60. The van der Waals surface area contributed by atoms with Crippen LogP contribution in [0.15, 0.2) is 59.5 Å². The number of halogens is 1. The largest absolute Gasteiger partial charge is 0.384 e. The van der Waals surface area contributed by atoms with Gasteiger partial charge in [-0.2, -0.15) is 0 Å². The van der Waals surface area contributed by atoms with Crippen molar-refractivity contribution in [2.45, 2.75) is 6.42 Å². The van der Waals surface area contributed by atoms with Crippen LogP contribution in [0.4, 0.5) is 5.69 Å². The second-order valence-electron chi connectivity index (χ2n) is 4.52. The first kappa shape index (κ1) is 13.1. The zero-order valence-corrected chi connectivity index (χ0v) is 12.5. The summed E-state index contributed by atoms with van der Waals surface area (Å²) in [7, 11) is 0. The number of para-hydroxylation sites is 1. The molecule has 0 unspecified atom stereocenters. The van der Waals surface area contributed by atoms with Crippen molar-refractivity contribution in [3.63, 3.8) is 0 Å². The fraction of sp³-hybridized carbons (Fsp3) is 0.125. The van der Waals surface area contributed by atoms with Gasteiger partial charge in [0, 0.05) is 30.5 Å². The zero-order chi connectivity index (χ0) is 13.8. The van der Waals surface area contributed by atoms with Crippen LogP contribution in [0.3, 0.4) is 0 Å². The molecule has 0 amide bonds. The molecule has 0 fully saturated rings. The highest BCUT2D eigenvalue weighted by molar-refractivity contribution is 9.10. The van der Waals surface area contributed by atoms with Crippen LogP contribution >= 0.6 is 15.9 Å². The predicted octanol–water partition coefficient (Wildman–Crippen LogP) is 4.05. The highest BCUT2D eigenvalue weighted by atomic mass is 79.9. The molecule has 0 aliphatic heterocycles. The summed E-state index contributed by atoms with van der Waals surface area (Å²) in [6.07, 6.45) is 6.36. The number of rotatable bonds is 4. The molecule has 3 nitrogen and oxygen atoms in total. The number of benzene rings is 1. The molecule has 0 aliphatic rings. The van der Waals surface area contributed by atoms with E-state index in [2.05, 4.69) is 55.5 Å². The van der Waals surface area contributed by atoms with Crippen LogP contribution in [0.25, 0.3) is 10.9 Å². The van der Waals surface area contributed by atoms with Crippen LogP contribution in [0.2, 0.25) is 0 Å². The van der Waals surface area contributed by atoms with Gasteiger partial charge in [-0.1, -0.05) is 24.3 Å².